The molecule has 1 aromatic heterocycles. The number of methoxy groups -OCH3 is 3. The van der Waals surface area contributed by atoms with Gasteiger partial charge in [-0.1, -0.05) is 24.3 Å². The van der Waals surface area contributed by atoms with E-state index >= 15 is 0 Å². The number of aromatic nitrogens is 1. The number of hydrogen-bond acceptors (Lipinski definition) is 4. The Morgan fingerprint density at radius 3 is 2.66 bits per heavy atom. The SMILES string of the molecule is COCCCNC(=O)C[C@H](c1ccc(OC)cc1OC)c1c[nH]c2ccccc12. The van der Waals surface area contributed by atoms with E-state index in [9.17, 15) is 4.79 Å². The van der Waals surface area contributed by atoms with Crippen molar-refractivity contribution in [2.45, 2.75) is 18.8 Å². The minimum absolute atomic E-state index is 0.00532. The van der Waals surface area contributed by atoms with Crippen LogP contribution in [0.2, 0.25) is 0 Å². The number of para-hydroxylation sites is 1. The van der Waals surface area contributed by atoms with E-state index in [1.54, 1.807) is 21.3 Å². The average molecular weight is 396 g/mol. The topological polar surface area (TPSA) is 72.6 Å². The number of hydrogen-bond donors (Lipinski definition) is 2. The number of aromatic amines is 1. The van der Waals surface area contributed by atoms with Crippen LogP contribution in [0, 0.1) is 0 Å². The van der Waals surface area contributed by atoms with E-state index in [0.717, 1.165) is 28.5 Å². The predicted molar refractivity (Wildman–Crippen MR) is 114 cm³/mol. The molecule has 1 heterocycles. The Balaban J connectivity index is 1.95. The summed E-state index contributed by atoms with van der Waals surface area (Å²) in [5.74, 6) is 1.25. The van der Waals surface area contributed by atoms with Crippen LogP contribution in [0.25, 0.3) is 10.9 Å². The molecule has 2 N–H and O–H groups in total. The smallest absolute Gasteiger partial charge is 0.220 e. The number of ether oxygens (including phenoxy) is 3. The van der Waals surface area contributed by atoms with Crippen molar-refractivity contribution in [1.82, 2.24) is 10.3 Å². The molecule has 3 rings (SSSR count). The zero-order valence-corrected chi connectivity index (χ0v) is 17.2. The molecule has 0 aliphatic carbocycles. The predicted octanol–water partition coefficient (Wildman–Crippen LogP) is 3.86. The monoisotopic (exact) mass is 396 g/mol. The third-order valence-electron chi connectivity index (χ3n) is 5.05. The van der Waals surface area contributed by atoms with Gasteiger partial charge < -0.3 is 24.5 Å². The average Bonchev–Trinajstić information content (AvgIpc) is 3.18. The van der Waals surface area contributed by atoms with E-state index in [-0.39, 0.29) is 11.8 Å². The summed E-state index contributed by atoms with van der Waals surface area (Å²) in [5, 5.41) is 4.09. The minimum Gasteiger partial charge on any atom is -0.497 e. The van der Waals surface area contributed by atoms with E-state index in [1.807, 2.05) is 42.6 Å². The number of benzene rings is 2. The van der Waals surface area contributed by atoms with E-state index in [1.165, 1.54) is 0 Å². The molecule has 6 nitrogen and oxygen atoms in total. The molecule has 0 aliphatic rings. The Morgan fingerprint density at radius 2 is 1.90 bits per heavy atom. The summed E-state index contributed by atoms with van der Waals surface area (Å²) in [4.78, 5) is 16.0. The number of H-pyrrole nitrogens is 1. The first-order chi connectivity index (χ1) is 14.2. The van der Waals surface area contributed by atoms with E-state index in [2.05, 4.69) is 16.4 Å². The van der Waals surface area contributed by atoms with Crippen LogP contribution in [0.3, 0.4) is 0 Å². The van der Waals surface area contributed by atoms with Gasteiger partial charge in [-0.3, -0.25) is 4.79 Å². The van der Waals surface area contributed by atoms with Gasteiger partial charge in [0.25, 0.3) is 0 Å². The van der Waals surface area contributed by atoms with Crippen molar-refractivity contribution in [3.63, 3.8) is 0 Å². The molecule has 0 spiro atoms. The molecular formula is C23H28N2O4. The van der Waals surface area contributed by atoms with Gasteiger partial charge in [-0.15, -0.1) is 0 Å². The van der Waals surface area contributed by atoms with Gasteiger partial charge in [0.2, 0.25) is 5.91 Å². The summed E-state index contributed by atoms with van der Waals surface area (Å²) >= 11 is 0. The lowest BCUT2D eigenvalue weighted by atomic mass is 9.87. The Labute approximate surface area is 171 Å². The second kappa shape index (κ2) is 9.98. The number of nitrogens with one attached hydrogen (secondary N) is 2. The highest BCUT2D eigenvalue weighted by Gasteiger charge is 2.24. The van der Waals surface area contributed by atoms with Crippen molar-refractivity contribution in [3.05, 3.63) is 59.8 Å². The van der Waals surface area contributed by atoms with Gasteiger partial charge in [-0.05, 0) is 24.1 Å². The van der Waals surface area contributed by atoms with Gasteiger partial charge in [0.15, 0.2) is 0 Å². The van der Waals surface area contributed by atoms with Crippen LogP contribution in [0.1, 0.15) is 29.9 Å². The molecule has 2 aromatic carbocycles. The Kier molecular flexibility index (Phi) is 7.14. The first-order valence-corrected chi connectivity index (χ1v) is 9.71. The summed E-state index contributed by atoms with van der Waals surface area (Å²) in [5.41, 5.74) is 3.06. The van der Waals surface area contributed by atoms with Gasteiger partial charge in [0, 0.05) is 61.3 Å². The van der Waals surface area contributed by atoms with Gasteiger partial charge in [-0.25, -0.2) is 0 Å². The lowest BCUT2D eigenvalue weighted by Crippen LogP contribution is -2.27. The normalized spacial score (nSPS) is 12.0. The van der Waals surface area contributed by atoms with Crippen LogP contribution in [-0.4, -0.2) is 45.4 Å². The summed E-state index contributed by atoms with van der Waals surface area (Å²) in [6, 6.07) is 13.8. The van der Waals surface area contributed by atoms with E-state index < -0.39 is 0 Å². The molecule has 0 unspecified atom stereocenters. The van der Waals surface area contributed by atoms with Crippen LogP contribution in [0.4, 0.5) is 0 Å². The number of carbonyl (C=O) groups excluding carboxylic acids is 1. The Hall–Kier alpha value is -2.99. The molecule has 1 atom stereocenters. The summed E-state index contributed by atoms with van der Waals surface area (Å²) in [6.07, 6.45) is 3.08. The number of carbonyl (C=O) groups is 1. The van der Waals surface area contributed by atoms with Gasteiger partial charge in [0.1, 0.15) is 11.5 Å². The lowest BCUT2D eigenvalue weighted by Gasteiger charge is -2.20. The van der Waals surface area contributed by atoms with E-state index in [4.69, 9.17) is 14.2 Å². The number of amides is 1. The fourth-order valence-electron chi connectivity index (χ4n) is 3.58. The molecular weight excluding hydrogens is 368 g/mol. The zero-order chi connectivity index (χ0) is 20.6. The maximum atomic E-state index is 12.7. The molecule has 0 fully saturated rings. The first-order valence-electron chi connectivity index (χ1n) is 9.71. The quantitative estimate of drug-likeness (QED) is 0.511. The van der Waals surface area contributed by atoms with Gasteiger partial charge in [-0.2, -0.15) is 0 Å². The molecule has 6 heteroatoms. The van der Waals surface area contributed by atoms with Crippen LogP contribution in [0.15, 0.2) is 48.7 Å². The highest BCUT2D eigenvalue weighted by molar-refractivity contribution is 5.86. The lowest BCUT2D eigenvalue weighted by molar-refractivity contribution is -0.121. The minimum atomic E-state index is -0.158. The molecule has 0 aliphatic heterocycles. The largest absolute Gasteiger partial charge is 0.497 e. The highest BCUT2D eigenvalue weighted by Crippen LogP contribution is 2.39. The third kappa shape index (κ3) is 4.90. The number of fused-ring (bicyclic) bond motifs is 1. The van der Waals surface area contributed by atoms with Crippen LogP contribution in [0.5, 0.6) is 11.5 Å². The van der Waals surface area contributed by atoms with Crippen molar-refractivity contribution in [3.8, 4) is 11.5 Å². The molecule has 0 bridgehead atoms. The molecule has 0 radical (unpaired) electrons. The maximum Gasteiger partial charge on any atom is 0.220 e. The van der Waals surface area contributed by atoms with Crippen molar-refractivity contribution in [1.29, 1.82) is 0 Å². The Bertz CT molecular complexity index is 951. The second-order valence-corrected chi connectivity index (χ2v) is 6.85. The summed E-state index contributed by atoms with van der Waals surface area (Å²) in [7, 11) is 4.92. The van der Waals surface area contributed by atoms with Crippen molar-refractivity contribution in [2.75, 3.05) is 34.5 Å². The standard InChI is InChI=1S/C23H28N2O4/c1-27-12-6-11-24-23(26)14-19(18-10-9-16(28-2)13-22(18)29-3)20-15-25-21-8-5-4-7-17(20)21/h4-5,7-10,13,15,19,25H,6,11-12,14H2,1-3H3,(H,24,26)/t19-/m1/s1. The fraction of sp³-hybridized carbons (Fsp3) is 0.348. The molecule has 29 heavy (non-hydrogen) atoms. The number of rotatable bonds is 10. The van der Waals surface area contributed by atoms with Gasteiger partial charge >= 0.3 is 0 Å². The third-order valence-corrected chi connectivity index (χ3v) is 5.05. The Morgan fingerprint density at radius 1 is 1.07 bits per heavy atom. The van der Waals surface area contributed by atoms with Gasteiger partial charge in [0.05, 0.1) is 14.2 Å². The second-order valence-electron chi connectivity index (χ2n) is 6.85. The van der Waals surface area contributed by atoms with Crippen molar-refractivity contribution in [2.24, 2.45) is 0 Å². The van der Waals surface area contributed by atoms with E-state index in [0.29, 0.717) is 31.1 Å². The highest BCUT2D eigenvalue weighted by atomic mass is 16.5. The first kappa shape index (κ1) is 20.7. The molecule has 1 amide bonds. The molecule has 154 valence electrons. The van der Waals surface area contributed by atoms with Crippen LogP contribution >= 0.6 is 0 Å². The van der Waals surface area contributed by atoms with Crippen LogP contribution < -0.4 is 14.8 Å². The van der Waals surface area contributed by atoms with Crippen molar-refractivity contribution < 1.29 is 19.0 Å². The van der Waals surface area contributed by atoms with Crippen molar-refractivity contribution >= 4 is 16.8 Å². The molecule has 3 aromatic rings. The summed E-state index contributed by atoms with van der Waals surface area (Å²) in [6.45, 7) is 1.21. The zero-order valence-electron chi connectivity index (χ0n) is 17.2. The van der Waals surface area contributed by atoms with Crippen LogP contribution in [-0.2, 0) is 9.53 Å². The molecule has 0 saturated carbocycles. The fourth-order valence-corrected chi connectivity index (χ4v) is 3.58. The maximum absolute atomic E-state index is 12.7. The molecule has 0 saturated heterocycles. The summed E-state index contributed by atoms with van der Waals surface area (Å²) < 4.78 is 16.0.